The van der Waals surface area contributed by atoms with Crippen molar-refractivity contribution in [2.24, 2.45) is 0 Å². The highest BCUT2D eigenvalue weighted by Gasteiger charge is 2.24. The molecule has 1 aliphatic carbocycles. The minimum absolute atomic E-state index is 0.137. The van der Waals surface area contributed by atoms with Crippen LogP contribution in [-0.2, 0) is 17.6 Å². The summed E-state index contributed by atoms with van der Waals surface area (Å²) in [7, 11) is 0. The van der Waals surface area contributed by atoms with Crippen molar-refractivity contribution < 1.29 is 9.53 Å². The van der Waals surface area contributed by atoms with Gasteiger partial charge < -0.3 is 10.1 Å². The zero-order valence-corrected chi connectivity index (χ0v) is 10.5. The van der Waals surface area contributed by atoms with Gasteiger partial charge in [0.15, 0.2) is 0 Å². The minimum Gasteiger partial charge on any atom is -0.444 e. The van der Waals surface area contributed by atoms with Gasteiger partial charge in [0.25, 0.3) is 0 Å². The van der Waals surface area contributed by atoms with Crippen LogP contribution in [0.2, 0.25) is 0 Å². The molecule has 5 heteroatoms. The number of aromatic amines is 1. The van der Waals surface area contributed by atoms with Gasteiger partial charge >= 0.3 is 6.09 Å². The molecule has 1 aromatic heterocycles. The molecular formula is C12H19N3O2. The van der Waals surface area contributed by atoms with Crippen LogP contribution in [-0.4, -0.2) is 27.9 Å². The highest BCUT2D eigenvalue weighted by atomic mass is 16.6. The molecule has 0 saturated heterocycles. The Morgan fingerprint density at radius 3 is 3.06 bits per heavy atom. The molecule has 1 aromatic rings. The number of hydrogen-bond acceptors (Lipinski definition) is 3. The fourth-order valence-corrected chi connectivity index (χ4v) is 2.01. The quantitative estimate of drug-likeness (QED) is 0.782. The molecule has 0 aliphatic heterocycles. The number of carbonyl (C=O) groups excluding carboxylic acids is 1. The van der Waals surface area contributed by atoms with Crippen molar-refractivity contribution in [2.45, 2.75) is 51.7 Å². The van der Waals surface area contributed by atoms with Crippen LogP contribution < -0.4 is 5.32 Å². The Labute approximate surface area is 101 Å². The van der Waals surface area contributed by atoms with Gasteiger partial charge in [-0.25, -0.2) is 4.79 Å². The molecule has 1 heterocycles. The number of amides is 1. The molecule has 5 nitrogen and oxygen atoms in total. The third-order valence-electron chi connectivity index (χ3n) is 2.74. The summed E-state index contributed by atoms with van der Waals surface area (Å²) in [5.41, 5.74) is 1.93. The molecule has 17 heavy (non-hydrogen) atoms. The highest BCUT2D eigenvalue weighted by molar-refractivity contribution is 5.68. The van der Waals surface area contributed by atoms with Crippen LogP contribution in [0.25, 0.3) is 0 Å². The number of hydrogen-bond donors (Lipinski definition) is 2. The first-order valence-corrected chi connectivity index (χ1v) is 5.95. The lowest BCUT2D eigenvalue weighted by Crippen LogP contribution is -2.41. The molecule has 0 radical (unpaired) electrons. The van der Waals surface area contributed by atoms with E-state index in [9.17, 15) is 4.79 Å². The van der Waals surface area contributed by atoms with E-state index in [4.69, 9.17) is 4.74 Å². The van der Waals surface area contributed by atoms with Gasteiger partial charge in [0.1, 0.15) is 5.60 Å². The molecule has 0 fully saturated rings. The van der Waals surface area contributed by atoms with E-state index in [1.165, 1.54) is 5.56 Å². The van der Waals surface area contributed by atoms with E-state index in [0.717, 1.165) is 25.0 Å². The Bertz CT molecular complexity index is 406. The minimum atomic E-state index is -0.447. The first-order chi connectivity index (χ1) is 7.94. The Kier molecular flexibility index (Phi) is 3.09. The number of aromatic nitrogens is 2. The summed E-state index contributed by atoms with van der Waals surface area (Å²) in [6, 6.07) is 0.137. The van der Waals surface area contributed by atoms with Crippen molar-refractivity contribution in [3.63, 3.8) is 0 Å². The van der Waals surface area contributed by atoms with Gasteiger partial charge in [0.05, 0.1) is 6.20 Å². The number of aryl methyl sites for hydroxylation is 1. The molecule has 1 aliphatic rings. The number of H-pyrrole nitrogens is 1. The molecular weight excluding hydrogens is 218 g/mol. The number of alkyl carbamates (subject to hydrolysis) is 1. The maximum atomic E-state index is 11.6. The summed E-state index contributed by atoms with van der Waals surface area (Å²) in [5, 5.41) is 9.87. The second-order valence-corrected chi connectivity index (χ2v) is 5.46. The van der Waals surface area contributed by atoms with Crippen LogP contribution in [0, 0.1) is 0 Å². The SMILES string of the molecule is CC(C)(C)OC(=O)N[C@@H]1CCc2cn[nH]c2C1. The molecule has 0 spiro atoms. The summed E-state index contributed by atoms with van der Waals surface area (Å²) in [4.78, 5) is 11.6. The summed E-state index contributed by atoms with van der Waals surface area (Å²) in [6.07, 6.45) is 4.21. The van der Waals surface area contributed by atoms with E-state index in [1.807, 2.05) is 27.0 Å². The van der Waals surface area contributed by atoms with Crippen LogP contribution in [0.4, 0.5) is 4.79 Å². The Hall–Kier alpha value is -1.52. The lowest BCUT2D eigenvalue weighted by atomic mass is 9.94. The van der Waals surface area contributed by atoms with E-state index >= 15 is 0 Å². The Morgan fingerprint density at radius 1 is 1.59 bits per heavy atom. The van der Waals surface area contributed by atoms with Crippen molar-refractivity contribution in [3.05, 3.63) is 17.5 Å². The smallest absolute Gasteiger partial charge is 0.407 e. The monoisotopic (exact) mass is 237 g/mol. The molecule has 94 valence electrons. The van der Waals surface area contributed by atoms with Crippen molar-refractivity contribution in [1.82, 2.24) is 15.5 Å². The largest absolute Gasteiger partial charge is 0.444 e. The number of carbonyl (C=O) groups is 1. The lowest BCUT2D eigenvalue weighted by Gasteiger charge is -2.25. The molecule has 1 atom stereocenters. The average molecular weight is 237 g/mol. The highest BCUT2D eigenvalue weighted by Crippen LogP contribution is 2.19. The molecule has 2 rings (SSSR count). The van der Waals surface area contributed by atoms with Crippen molar-refractivity contribution in [3.8, 4) is 0 Å². The summed E-state index contributed by atoms with van der Waals surface area (Å²) in [5.74, 6) is 0. The molecule has 0 aromatic carbocycles. The van der Waals surface area contributed by atoms with E-state index in [2.05, 4.69) is 15.5 Å². The first-order valence-electron chi connectivity index (χ1n) is 5.95. The molecule has 2 N–H and O–H groups in total. The predicted molar refractivity (Wildman–Crippen MR) is 63.8 cm³/mol. The van der Waals surface area contributed by atoms with Gasteiger partial charge in [-0.2, -0.15) is 5.10 Å². The van der Waals surface area contributed by atoms with Crippen LogP contribution in [0.3, 0.4) is 0 Å². The molecule has 0 unspecified atom stereocenters. The van der Waals surface area contributed by atoms with Gasteiger partial charge in [0, 0.05) is 18.2 Å². The van der Waals surface area contributed by atoms with E-state index in [1.54, 1.807) is 0 Å². The second kappa shape index (κ2) is 4.39. The van der Waals surface area contributed by atoms with Crippen LogP contribution >= 0.6 is 0 Å². The number of rotatable bonds is 1. The predicted octanol–water partition coefficient (Wildman–Crippen LogP) is 1.79. The van der Waals surface area contributed by atoms with Gasteiger partial charge in [0.2, 0.25) is 0 Å². The third kappa shape index (κ3) is 3.22. The van der Waals surface area contributed by atoms with Crippen molar-refractivity contribution >= 4 is 6.09 Å². The Balaban J connectivity index is 1.88. The van der Waals surface area contributed by atoms with Gasteiger partial charge in [-0.15, -0.1) is 0 Å². The van der Waals surface area contributed by atoms with Crippen molar-refractivity contribution in [1.29, 1.82) is 0 Å². The summed E-state index contributed by atoms with van der Waals surface area (Å²) < 4.78 is 5.23. The maximum absolute atomic E-state index is 11.6. The van der Waals surface area contributed by atoms with Gasteiger partial charge in [-0.1, -0.05) is 0 Å². The first kappa shape index (κ1) is 12.0. The summed E-state index contributed by atoms with van der Waals surface area (Å²) in [6.45, 7) is 5.58. The molecule has 0 bridgehead atoms. The lowest BCUT2D eigenvalue weighted by molar-refractivity contribution is 0.0500. The Morgan fingerprint density at radius 2 is 2.35 bits per heavy atom. The normalized spacial score (nSPS) is 19.6. The number of fused-ring (bicyclic) bond motifs is 1. The standard InChI is InChI=1S/C12H19N3O2/c1-12(2,3)17-11(16)14-9-5-4-8-7-13-15-10(8)6-9/h7,9H,4-6H2,1-3H3,(H,13,15)(H,14,16)/t9-/m1/s1. The summed E-state index contributed by atoms with van der Waals surface area (Å²) >= 11 is 0. The van der Waals surface area contributed by atoms with E-state index < -0.39 is 5.60 Å². The van der Waals surface area contributed by atoms with Crippen LogP contribution in [0.5, 0.6) is 0 Å². The average Bonchev–Trinajstić information content (AvgIpc) is 2.61. The maximum Gasteiger partial charge on any atom is 0.407 e. The second-order valence-electron chi connectivity index (χ2n) is 5.46. The van der Waals surface area contributed by atoms with Gasteiger partial charge in [-0.3, -0.25) is 5.10 Å². The fourth-order valence-electron chi connectivity index (χ4n) is 2.01. The topological polar surface area (TPSA) is 67.0 Å². The molecule has 0 saturated carbocycles. The van der Waals surface area contributed by atoms with Crippen molar-refractivity contribution in [2.75, 3.05) is 0 Å². The van der Waals surface area contributed by atoms with E-state index in [-0.39, 0.29) is 12.1 Å². The zero-order chi connectivity index (χ0) is 12.5. The third-order valence-corrected chi connectivity index (χ3v) is 2.74. The zero-order valence-electron chi connectivity index (χ0n) is 10.5. The van der Waals surface area contributed by atoms with Gasteiger partial charge in [-0.05, 0) is 39.2 Å². The fraction of sp³-hybridized carbons (Fsp3) is 0.667. The van der Waals surface area contributed by atoms with Crippen LogP contribution in [0.1, 0.15) is 38.4 Å². The number of nitrogens with one attached hydrogen (secondary N) is 2. The number of nitrogens with zero attached hydrogens (tertiary/aromatic N) is 1. The van der Waals surface area contributed by atoms with E-state index in [0.29, 0.717) is 0 Å². The van der Waals surface area contributed by atoms with Crippen LogP contribution in [0.15, 0.2) is 6.20 Å². The number of ether oxygens (including phenoxy) is 1. The molecule has 1 amide bonds.